The van der Waals surface area contributed by atoms with Crippen LogP contribution in [0.15, 0.2) is 41.2 Å². The first-order valence-corrected chi connectivity index (χ1v) is 9.64. The summed E-state index contributed by atoms with van der Waals surface area (Å²) in [7, 11) is 4.65. The third-order valence-corrected chi connectivity index (χ3v) is 5.51. The maximum absolute atomic E-state index is 12.8. The van der Waals surface area contributed by atoms with Crippen LogP contribution in [0.1, 0.15) is 11.1 Å². The van der Waals surface area contributed by atoms with Crippen molar-refractivity contribution in [2.24, 2.45) is 0 Å². The van der Waals surface area contributed by atoms with Crippen LogP contribution in [-0.2, 0) is 0 Å². The van der Waals surface area contributed by atoms with E-state index in [9.17, 15) is 4.79 Å². The van der Waals surface area contributed by atoms with Gasteiger partial charge in [-0.25, -0.2) is 0 Å². The first-order valence-electron chi connectivity index (χ1n) is 8.83. The summed E-state index contributed by atoms with van der Waals surface area (Å²) in [5, 5.41) is 4.41. The van der Waals surface area contributed by atoms with Gasteiger partial charge in [0, 0.05) is 5.56 Å². The first-order chi connectivity index (χ1) is 14.0. The van der Waals surface area contributed by atoms with Crippen LogP contribution in [0.5, 0.6) is 17.2 Å². The molecule has 4 rings (SSSR count). The van der Waals surface area contributed by atoms with Crippen LogP contribution >= 0.6 is 11.3 Å². The molecule has 0 aliphatic carbocycles. The Labute approximate surface area is 170 Å². The number of benzene rings is 2. The molecule has 0 spiro atoms. The molecule has 0 N–H and O–H groups in total. The molecule has 2 aromatic carbocycles. The van der Waals surface area contributed by atoms with Crippen molar-refractivity contribution < 1.29 is 14.2 Å². The van der Waals surface area contributed by atoms with Gasteiger partial charge in [-0.3, -0.25) is 4.79 Å². The zero-order valence-electron chi connectivity index (χ0n) is 16.4. The number of fused-ring (bicyclic) bond motifs is 1. The summed E-state index contributed by atoms with van der Waals surface area (Å²) in [6.45, 7) is 1.99. The number of hydrogen-bond acceptors (Lipinski definition) is 7. The summed E-state index contributed by atoms with van der Waals surface area (Å²) < 4.78 is 18.0. The Bertz CT molecular complexity index is 1280. The molecule has 29 heavy (non-hydrogen) atoms. The molecule has 2 heterocycles. The molecule has 0 aliphatic rings. The van der Waals surface area contributed by atoms with E-state index in [0.29, 0.717) is 32.6 Å². The zero-order chi connectivity index (χ0) is 20.5. The minimum atomic E-state index is -0.217. The van der Waals surface area contributed by atoms with Gasteiger partial charge < -0.3 is 14.2 Å². The normalized spacial score (nSPS) is 11.8. The number of ether oxygens (including phenoxy) is 3. The molecule has 0 unspecified atom stereocenters. The van der Waals surface area contributed by atoms with E-state index < -0.39 is 0 Å². The zero-order valence-corrected chi connectivity index (χ0v) is 17.2. The Kier molecular flexibility index (Phi) is 4.94. The minimum Gasteiger partial charge on any atom is -0.493 e. The van der Waals surface area contributed by atoms with E-state index in [-0.39, 0.29) is 5.56 Å². The molecule has 0 fully saturated rings. The Morgan fingerprint density at radius 2 is 1.72 bits per heavy atom. The van der Waals surface area contributed by atoms with Crippen molar-refractivity contribution >= 4 is 22.4 Å². The third-order valence-electron chi connectivity index (χ3n) is 4.55. The van der Waals surface area contributed by atoms with Crippen LogP contribution < -0.4 is 24.3 Å². The second-order valence-electron chi connectivity index (χ2n) is 6.32. The summed E-state index contributed by atoms with van der Waals surface area (Å²) in [5.41, 5.74) is 2.51. The molecule has 4 aromatic rings. The highest BCUT2D eigenvalue weighted by molar-refractivity contribution is 7.15. The minimum absolute atomic E-state index is 0.217. The number of aryl methyl sites for hydroxylation is 1. The third kappa shape index (κ3) is 3.31. The van der Waals surface area contributed by atoms with Crippen LogP contribution in [0.4, 0.5) is 0 Å². The molecule has 148 valence electrons. The molecular weight excluding hydrogens is 390 g/mol. The predicted molar refractivity (Wildman–Crippen MR) is 112 cm³/mol. The van der Waals surface area contributed by atoms with E-state index >= 15 is 0 Å². The summed E-state index contributed by atoms with van der Waals surface area (Å²) in [6.07, 6.45) is 1.77. The fourth-order valence-electron chi connectivity index (χ4n) is 3.11. The van der Waals surface area contributed by atoms with Crippen molar-refractivity contribution in [1.82, 2.24) is 14.6 Å². The lowest BCUT2D eigenvalue weighted by molar-refractivity contribution is 0.324. The molecule has 2 aromatic heterocycles. The fraction of sp³-hybridized carbons (Fsp3) is 0.190. The Morgan fingerprint density at radius 3 is 2.31 bits per heavy atom. The maximum atomic E-state index is 12.8. The SMILES string of the molecule is COc1cc(/C=c2/sc3nc(-c4ccccc4C)nn3c2=O)cc(OC)c1OC. The largest absolute Gasteiger partial charge is 0.493 e. The van der Waals surface area contributed by atoms with Crippen LogP contribution in [0.25, 0.3) is 22.4 Å². The van der Waals surface area contributed by atoms with Crippen molar-refractivity contribution in [2.45, 2.75) is 6.92 Å². The van der Waals surface area contributed by atoms with Gasteiger partial charge in [0.15, 0.2) is 17.3 Å². The Morgan fingerprint density at radius 1 is 1.03 bits per heavy atom. The second kappa shape index (κ2) is 7.56. The standard InChI is InChI=1S/C21H19N3O4S/c1-12-7-5-6-8-14(12)19-22-21-24(23-19)20(25)17(29-21)11-13-9-15(26-2)18(28-4)16(10-13)27-3/h5-11H,1-4H3/b17-11+. The van der Waals surface area contributed by atoms with Crippen molar-refractivity contribution in [3.8, 4) is 28.6 Å². The van der Waals surface area contributed by atoms with E-state index in [4.69, 9.17) is 14.2 Å². The van der Waals surface area contributed by atoms with Gasteiger partial charge in [0.05, 0.1) is 25.9 Å². The first kappa shape index (κ1) is 18.9. The van der Waals surface area contributed by atoms with E-state index in [1.54, 1.807) is 39.5 Å². The van der Waals surface area contributed by atoms with E-state index in [2.05, 4.69) is 10.1 Å². The average molecular weight is 409 g/mol. The van der Waals surface area contributed by atoms with Gasteiger partial charge in [0.2, 0.25) is 10.7 Å². The monoisotopic (exact) mass is 409 g/mol. The van der Waals surface area contributed by atoms with Gasteiger partial charge in [-0.2, -0.15) is 9.50 Å². The lowest BCUT2D eigenvalue weighted by Crippen LogP contribution is -2.23. The van der Waals surface area contributed by atoms with Crippen molar-refractivity contribution in [1.29, 1.82) is 0 Å². The Hall–Kier alpha value is -3.39. The van der Waals surface area contributed by atoms with Gasteiger partial charge in [-0.1, -0.05) is 35.6 Å². The van der Waals surface area contributed by atoms with Gasteiger partial charge in [0.1, 0.15) is 0 Å². The molecular formula is C21H19N3O4S. The topological polar surface area (TPSA) is 75.0 Å². The second-order valence-corrected chi connectivity index (χ2v) is 7.33. The molecule has 0 saturated carbocycles. The highest BCUT2D eigenvalue weighted by Gasteiger charge is 2.15. The molecule has 0 saturated heterocycles. The predicted octanol–water partition coefficient (Wildman–Crippen LogP) is 2.70. The highest BCUT2D eigenvalue weighted by atomic mass is 32.1. The molecule has 0 radical (unpaired) electrons. The van der Waals surface area contributed by atoms with Gasteiger partial charge in [-0.05, 0) is 36.3 Å². The average Bonchev–Trinajstić information content (AvgIpc) is 3.27. The van der Waals surface area contributed by atoms with Crippen molar-refractivity contribution in [2.75, 3.05) is 21.3 Å². The smallest absolute Gasteiger partial charge is 0.291 e. The molecule has 0 bridgehead atoms. The number of nitrogens with zero attached hydrogens (tertiary/aromatic N) is 3. The van der Waals surface area contributed by atoms with Gasteiger partial charge >= 0.3 is 0 Å². The highest BCUT2D eigenvalue weighted by Crippen LogP contribution is 2.38. The molecule has 0 aliphatic heterocycles. The van der Waals surface area contributed by atoms with Crippen molar-refractivity contribution in [3.05, 3.63) is 62.4 Å². The fourth-order valence-corrected chi connectivity index (χ4v) is 4.02. The van der Waals surface area contributed by atoms with E-state index in [1.807, 2.05) is 31.2 Å². The van der Waals surface area contributed by atoms with Crippen LogP contribution in [0.2, 0.25) is 0 Å². The number of rotatable bonds is 5. The van der Waals surface area contributed by atoms with Crippen molar-refractivity contribution in [3.63, 3.8) is 0 Å². The number of thiazole rings is 1. The van der Waals surface area contributed by atoms with Crippen LogP contribution in [0, 0.1) is 6.92 Å². The lowest BCUT2D eigenvalue weighted by Gasteiger charge is -2.12. The Balaban J connectivity index is 1.82. The van der Waals surface area contributed by atoms with Gasteiger partial charge in [0.25, 0.3) is 5.56 Å². The van der Waals surface area contributed by atoms with Crippen LogP contribution in [0.3, 0.4) is 0 Å². The molecule has 8 heteroatoms. The number of methoxy groups -OCH3 is 3. The van der Waals surface area contributed by atoms with Crippen LogP contribution in [-0.4, -0.2) is 35.9 Å². The lowest BCUT2D eigenvalue weighted by atomic mass is 10.1. The molecule has 7 nitrogen and oxygen atoms in total. The summed E-state index contributed by atoms with van der Waals surface area (Å²) in [5.74, 6) is 2.09. The summed E-state index contributed by atoms with van der Waals surface area (Å²) in [4.78, 5) is 17.9. The maximum Gasteiger partial charge on any atom is 0.291 e. The number of hydrogen-bond donors (Lipinski definition) is 0. The summed E-state index contributed by atoms with van der Waals surface area (Å²) in [6, 6.07) is 11.4. The molecule has 0 atom stereocenters. The number of aromatic nitrogens is 3. The molecule has 0 amide bonds. The quantitative estimate of drug-likeness (QED) is 0.505. The van der Waals surface area contributed by atoms with E-state index in [1.165, 1.54) is 15.9 Å². The summed E-state index contributed by atoms with van der Waals surface area (Å²) >= 11 is 1.29. The van der Waals surface area contributed by atoms with Gasteiger partial charge in [-0.15, -0.1) is 5.10 Å². The van der Waals surface area contributed by atoms with E-state index in [0.717, 1.165) is 16.7 Å².